The first-order valence-corrected chi connectivity index (χ1v) is 10.3. The quantitative estimate of drug-likeness (QED) is 0.556. The Morgan fingerprint density at radius 3 is 2.28 bits per heavy atom. The molecule has 8 heteroatoms. The van der Waals surface area contributed by atoms with Crippen molar-refractivity contribution in [3.63, 3.8) is 0 Å². The first-order valence-electron chi connectivity index (χ1n) is 9.31. The summed E-state index contributed by atoms with van der Waals surface area (Å²) in [5.74, 6) is 0.505. The van der Waals surface area contributed by atoms with E-state index in [4.69, 9.17) is 0 Å². The van der Waals surface area contributed by atoms with Crippen LogP contribution in [-0.2, 0) is 22.6 Å². The number of thioether (sulfide) groups is 1. The van der Waals surface area contributed by atoms with E-state index in [9.17, 15) is 9.59 Å². The Balaban J connectivity index is 1.57. The van der Waals surface area contributed by atoms with Crippen molar-refractivity contribution in [2.24, 2.45) is 0 Å². The number of amides is 2. The van der Waals surface area contributed by atoms with Crippen LogP contribution in [0.4, 0.5) is 11.4 Å². The first kappa shape index (κ1) is 20.6. The van der Waals surface area contributed by atoms with E-state index in [1.54, 1.807) is 0 Å². The van der Waals surface area contributed by atoms with E-state index in [2.05, 4.69) is 20.8 Å². The molecular weight excluding hydrogens is 386 g/mol. The highest BCUT2D eigenvalue weighted by molar-refractivity contribution is 7.99. The van der Waals surface area contributed by atoms with Crippen molar-refractivity contribution < 1.29 is 9.59 Å². The van der Waals surface area contributed by atoms with E-state index < -0.39 is 0 Å². The molecule has 0 radical (unpaired) electrons. The van der Waals surface area contributed by atoms with Crippen LogP contribution in [0.25, 0.3) is 0 Å². The molecule has 2 N–H and O–H groups in total. The lowest BCUT2D eigenvalue weighted by atomic mass is 10.2. The number of aromatic nitrogens is 3. The van der Waals surface area contributed by atoms with Crippen molar-refractivity contribution in [3.8, 4) is 0 Å². The van der Waals surface area contributed by atoms with Crippen LogP contribution in [0, 0.1) is 6.92 Å². The Hall–Kier alpha value is -3.13. The maximum absolute atomic E-state index is 12.4. The summed E-state index contributed by atoms with van der Waals surface area (Å²) in [6.07, 6.45) is 0.117. The second-order valence-electron chi connectivity index (χ2n) is 6.44. The van der Waals surface area contributed by atoms with Gasteiger partial charge in [-0.2, -0.15) is 0 Å². The van der Waals surface area contributed by atoms with Gasteiger partial charge in [0, 0.05) is 17.9 Å². The fourth-order valence-electron chi connectivity index (χ4n) is 2.71. The number of aryl methyl sites for hydroxylation is 1. The Bertz CT molecular complexity index is 970. The zero-order valence-electron chi connectivity index (χ0n) is 16.4. The Morgan fingerprint density at radius 1 is 0.931 bits per heavy atom. The van der Waals surface area contributed by atoms with Crippen LogP contribution in [0.3, 0.4) is 0 Å². The lowest BCUT2D eigenvalue weighted by Gasteiger charge is -2.08. The fourth-order valence-corrected chi connectivity index (χ4v) is 3.53. The molecule has 0 aliphatic rings. The molecule has 2 amide bonds. The zero-order valence-corrected chi connectivity index (χ0v) is 17.2. The molecule has 0 spiro atoms. The highest BCUT2D eigenvalue weighted by Crippen LogP contribution is 2.18. The number of anilines is 2. The van der Waals surface area contributed by atoms with Gasteiger partial charge in [0.2, 0.25) is 11.8 Å². The number of hydrogen-bond donors (Lipinski definition) is 2. The number of hydrogen-bond acceptors (Lipinski definition) is 5. The summed E-state index contributed by atoms with van der Waals surface area (Å²) in [7, 11) is 0. The molecule has 0 aliphatic heterocycles. The molecule has 1 heterocycles. The van der Waals surface area contributed by atoms with Crippen LogP contribution in [0.1, 0.15) is 18.3 Å². The normalized spacial score (nSPS) is 10.6. The summed E-state index contributed by atoms with van der Waals surface area (Å²) < 4.78 is 1.86. The van der Waals surface area contributed by atoms with Gasteiger partial charge >= 0.3 is 0 Å². The van der Waals surface area contributed by atoms with Crippen LogP contribution in [-0.4, -0.2) is 32.3 Å². The number of nitrogens with one attached hydrogen (secondary N) is 2. The van der Waals surface area contributed by atoms with Gasteiger partial charge < -0.3 is 15.2 Å². The van der Waals surface area contributed by atoms with Crippen molar-refractivity contribution in [2.75, 3.05) is 16.4 Å². The van der Waals surface area contributed by atoms with Crippen LogP contribution >= 0.6 is 11.8 Å². The summed E-state index contributed by atoms with van der Waals surface area (Å²) in [4.78, 5) is 24.5. The minimum Gasteiger partial charge on any atom is -0.326 e. The van der Waals surface area contributed by atoms with Gasteiger partial charge in [0.15, 0.2) is 5.16 Å². The summed E-state index contributed by atoms with van der Waals surface area (Å²) in [6, 6.07) is 16.9. The predicted octanol–water partition coefficient (Wildman–Crippen LogP) is 3.52. The fraction of sp³-hybridized carbons (Fsp3) is 0.238. The molecule has 3 rings (SSSR count). The number of carbonyl (C=O) groups is 2. The maximum Gasteiger partial charge on any atom is 0.234 e. The summed E-state index contributed by atoms with van der Waals surface area (Å²) in [5.41, 5.74) is 2.63. The molecule has 3 aromatic rings. The number of rotatable bonds is 8. The van der Waals surface area contributed by atoms with Gasteiger partial charge in [-0.15, -0.1) is 10.2 Å². The van der Waals surface area contributed by atoms with Gasteiger partial charge in [0.05, 0.1) is 12.2 Å². The molecular formula is C21H23N5O2S. The molecule has 2 aromatic carbocycles. The molecule has 0 atom stereocenters. The number of benzene rings is 2. The molecule has 0 unspecified atom stereocenters. The van der Waals surface area contributed by atoms with Gasteiger partial charge in [-0.1, -0.05) is 47.7 Å². The van der Waals surface area contributed by atoms with Crippen molar-refractivity contribution in [1.29, 1.82) is 0 Å². The SMILES string of the molecule is CCn1c(CC(=O)Nc2ccc(C)cc2)nnc1SCC(=O)Nc1ccccc1. The van der Waals surface area contributed by atoms with E-state index in [1.807, 2.05) is 73.0 Å². The van der Waals surface area contributed by atoms with Crippen molar-refractivity contribution in [1.82, 2.24) is 14.8 Å². The third kappa shape index (κ3) is 5.92. The Kier molecular flexibility index (Phi) is 7.02. The molecule has 1 aromatic heterocycles. The van der Waals surface area contributed by atoms with Crippen molar-refractivity contribution >= 4 is 35.0 Å². The molecule has 0 aliphatic carbocycles. The lowest BCUT2D eigenvalue weighted by molar-refractivity contribution is -0.116. The largest absolute Gasteiger partial charge is 0.326 e. The summed E-state index contributed by atoms with van der Waals surface area (Å²) in [6.45, 7) is 4.57. The van der Waals surface area contributed by atoms with E-state index >= 15 is 0 Å². The standard InChI is InChI=1S/C21H23N5O2S/c1-3-26-18(13-19(27)22-17-11-9-15(2)10-12-17)24-25-21(26)29-14-20(28)23-16-7-5-4-6-8-16/h4-12H,3,13-14H2,1-2H3,(H,22,27)(H,23,28). The first-order chi connectivity index (χ1) is 14.0. The number of carbonyl (C=O) groups excluding carboxylic acids is 2. The Labute approximate surface area is 173 Å². The maximum atomic E-state index is 12.4. The smallest absolute Gasteiger partial charge is 0.234 e. The third-order valence-electron chi connectivity index (χ3n) is 4.15. The lowest BCUT2D eigenvalue weighted by Crippen LogP contribution is -2.18. The highest BCUT2D eigenvalue weighted by atomic mass is 32.2. The minimum absolute atomic E-state index is 0.117. The van der Waals surface area contributed by atoms with Gasteiger partial charge in [0.1, 0.15) is 5.82 Å². The number of para-hydroxylation sites is 1. The van der Waals surface area contributed by atoms with Gasteiger partial charge in [0.25, 0.3) is 0 Å². The van der Waals surface area contributed by atoms with E-state index in [0.29, 0.717) is 17.5 Å². The van der Waals surface area contributed by atoms with Crippen LogP contribution in [0.5, 0.6) is 0 Å². The Morgan fingerprint density at radius 2 is 1.59 bits per heavy atom. The molecule has 0 fully saturated rings. The number of nitrogens with zero attached hydrogens (tertiary/aromatic N) is 3. The second kappa shape index (κ2) is 9.88. The predicted molar refractivity (Wildman–Crippen MR) is 115 cm³/mol. The topological polar surface area (TPSA) is 88.9 Å². The van der Waals surface area contributed by atoms with Crippen molar-refractivity contribution in [2.45, 2.75) is 32.0 Å². The van der Waals surface area contributed by atoms with Crippen LogP contribution in [0.15, 0.2) is 59.8 Å². The monoisotopic (exact) mass is 409 g/mol. The van der Waals surface area contributed by atoms with E-state index in [0.717, 1.165) is 16.9 Å². The molecule has 29 heavy (non-hydrogen) atoms. The van der Waals surface area contributed by atoms with Crippen molar-refractivity contribution in [3.05, 3.63) is 66.0 Å². The molecule has 0 saturated carbocycles. The van der Waals surface area contributed by atoms with Gasteiger partial charge in [-0.05, 0) is 38.1 Å². The minimum atomic E-state index is -0.158. The summed E-state index contributed by atoms with van der Waals surface area (Å²) >= 11 is 1.30. The summed E-state index contributed by atoms with van der Waals surface area (Å²) in [5, 5.41) is 14.6. The van der Waals surface area contributed by atoms with Crippen LogP contribution in [0.2, 0.25) is 0 Å². The van der Waals surface area contributed by atoms with Crippen LogP contribution < -0.4 is 10.6 Å². The molecule has 7 nitrogen and oxygen atoms in total. The molecule has 0 bridgehead atoms. The average molecular weight is 410 g/mol. The molecule has 0 saturated heterocycles. The zero-order chi connectivity index (χ0) is 20.6. The van der Waals surface area contributed by atoms with Gasteiger partial charge in [-0.3, -0.25) is 9.59 Å². The van der Waals surface area contributed by atoms with E-state index in [-0.39, 0.29) is 24.0 Å². The third-order valence-corrected chi connectivity index (χ3v) is 5.12. The van der Waals surface area contributed by atoms with E-state index in [1.165, 1.54) is 11.8 Å². The highest BCUT2D eigenvalue weighted by Gasteiger charge is 2.16. The second-order valence-corrected chi connectivity index (χ2v) is 7.38. The average Bonchev–Trinajstić information content (AvgIpc) is 3.10. The molecule has 150 valence electrons. The van der Waals surface area contributed by atoms with Gasteiger partial charge in [-0.25, -0.2) is 0 Å².